The van der Waals surface area contributed by atoms with Gasteiger partial charge in [0, 0.05) is 21.8 Å². The number of fused-ring (bicyclic) bond motifs is 1. The number of carbonyl (C=O) groups is 1. The Morgan fingerprint density at radius 3 is 3.10 bits per heavy atom. The molecule has 5 heteroatoms. The van der Waals surface area contributed by atoms with Crippen LogP contribution in [0.15, 0.2) is 28.7 Å². The number of rotatable bonds is 2. The highest BCUT2D eigenvalue weighted by atomic mass is 79.9. The zero-order valence-electron chi connectivity index (χ0n) is 11.4. The molecule has 0 bridgehead atoms. The first-order valence-corrected chi connectivity index (χ1v) is 8.42. The molecule has 3 nitrogen and oxygen atoms in total. The van der Waals surface area contributed by atoms with Crippen molar-refractivity contribution in [1.82, 2.24) is 10.2 Å². The van der Waals surface area contributed by atoms with Crippen LogP contribution < -0.4 is 5.32 Å². The van der Waals surface area contributed by atoms with Crippen LogP contribution in [0.1, 0.15) is 22.5 Å². The first-order valence-electron chi connectivity index (χ1n) is 6.81. The summed E-state index contributed by atoms with van der Waals surface area (Å²) in [6, 6.07) is 8.30. The summed E-state index contributed by atoms with van der Waals surface area (Å²) in [6.45, 7) is 2.07. The number of nitrogens with zero attached hydrogens (tertiary/aromatic N) is 1. The zero-order valence-corrected chi connectivity index (χ0v) is 13.8. The molecule has 1 aliphatic rings. The molecule has 1 aromatic carbocycles. The Morgan fingerprint density at radius 1 is 1.50 bits per heavy atom. The minimum Gasteiger partial charge on any atom is -0.347 e. The predicted octanol–water partition coefficient (Wildman–Crippen LogP) is 3.49. The van der Waals surface area contributed by atoms with E-state index in [4.69, 9.17) is 0 Å². The van der Waals surface area contributed by atoms with Crippen molar-refractivity contribution >= 4 is 43.3 Å². The van der Waals surface area contributed by atoms with Crippen LogP contribution in [0.4, 0.5) is 0 Å². The fourth-order valence-electron chi connectivity index (χ4n) is 2.68. The third-order valence-electron chi connectivity index (χ3n) is 3.68. The van der Waals surface area contributed by atoms with Crippen molar-refractivity contribution in [3.05, 3.63) is 33.6 Å². The highest BCUT2D eigenvalue weighted by molar-refractivity contribution is 9.10. The van der Waals surface area contributed by atoms with E-state index in [1.807, 2.05) is 24.3 Å². The molecule has 0 saturated carbocycles. The highest BCUT2D eigenvalue weighted by Crippen LogP contribution is 2.32. The minimum absolute atomic E-state index is 0.0541. The molecule has 106 valence electrons. The summed E-state index contributed by atoms with van der Waals surface area (Å²) in [4.78, 5) is 15.4. The maximum atomic E-state index is 12.4. The average Bonchev–Trinajstić information content (AvgIpc) is 2.84. The quantitative estimate of drug-likeness (QED) is 0.897. The molecule has 2 aromatic rings. The number of piperidine rings is 1. The van der Waals surface area contributed by atoms with Gasteiger partial charge < -0.3 is 10.2 Å². The second kappa shape index (κ2) is 5.84. The Bertz CT molecular complexity index is 640. The van der Waals surface area contributed by atoms with E-state index >= 15 is 0 Å². The molecule has 0 spiro atoms. The summed E-state index contributed by atoms with van der Waals surface area (Å²) in [5.41, 5.74) is 0. The second-order valence-corrected chi connectivity index (χ2v) is 7.25. The van der Waals surface area contributed by atoms with Crippen LogP contribution in [0.5, 0.6) is 0 Å². The Balaban J connectivity index is 1.77. The molecule has 0 unspecified atom stereocenters. The van der Waals surface area contributed by atoms with Gasteiger partial charge in [0.2, 0.25) is 0 Å². The third kappa shape index (κ3) is 2.90. The van der Waals surface area contributed by atoms with E-state index in [1.54, 1.807) is 11.3 Å². The van der Waals surface area contributed by atoms with Gasteiger partial charge in [0.05, 0.1) is 4.88 Å². The molecule has 0 aliphatic carbocycles. The van der Waals surface area contributed by atoms with Crippen LogP contribution in [0.3, 0.4) is 0 Å². The lowest BCUT2D eigenvalue weighted by atomic mass is 10.1. The van der Waals surface area contributed by atoms with Crippen LogP contribution in [0.25, 0.3) is 10.1 Å². The zero-order chi connectivity index (χ0) is 14.1. The number of carbonyl (C=O) groups excluding carboxylic acids is 1. The largest absolute Gasteiger partial charge is 0.347 e. The molecule has 3 rings (SSSR count). The number of thiophene rings is 1. The maximum absolute atomic E-state index is 12.4. The van der Waals surface area contributed by atoms with E-state index in [0.717, 1.165) is 45.4 Å². The van der Waals surface area contributed by atoms with Crippen molar-refractivity contribution in [1.29, 1.82) is 0 Å². The fraction of sp³-hybridized carbons (Fsp3) is 0.400. The number of hydrogen-bond acceptors (Lipinski definition) is 3. The molecule has 1 fully saturated rings. The topological polar surface area (TPSA) is 32.3 Å². The number of hydrogen-bond donors (Lipinski definition) is 1. The van der Waals surface area contributed by atoms with E-state index in [1.165, 1.54) is 0 Å². The molecule has 1 N–H and O–H groups in total. The monoisotopic (exact) mass is 352 g/mol. The van der Waals surface area contributed by atoms with Crippen LogP contribution >= 0.6 is 27.3 Å². The summed E-state index contributed by atoms with van der Waals surface area (Å²) in [5, 5.41) is 4.28. The summed E-state index contributed by atoms with van der Waals surface area (Å²) in [7, 11) is 2.11. The van der Waals surface area contributed by atoms with Gasteiger partial charge in [-0.05, 0) is 59.9 Å². The molecule has 0 radical (unpaired) electrons. The lowest BCUT2D eigenvalue weighted by Crippen LogP contribution is -2.46. The SMILES string of the molecule is CN1CCC[C@@H](NC(=O)c2cc3cccc(Br)c3s2)C1. The first-order chi connectivity index (χ1) is 9.63. The van der Waals surface area contributed by atoms with Gasteiger partial charge in [0.15, 0.2) is 0 Å². The Labute approximate surface area is 131 Å². The van der Waals surface area contributed by atoms with Gasteiger partial charge in [0.1, 0.15) is 0 Å². The lowest BCUT2D eigenvalue weighted by Gasteiger charge is -2.30. The van der Waals surface area contributed by atoms with E-state index in [0.29, 0.717) is 0 Å². The second-order valence-electron chi connectivity index (χ2n) is 5.34. The molecule has 1 aromatic heterocycles. The predicted molar refractivity (Wildman–Crippen MR) is 87.5 cm³/mol. The van der Waals surface area contributed by atoms with Gasteiger partial charge in [-0.1, -0.05) is 12.1 Å². The molecular formula is C15H17BrN2OS. The molecule has 2 heterocycles. The molecule has 1 atom stereocenters. The Kier molecular flexibility index (Phi) is 4.10. The average molecular weight is 353 g/mol. The number of halogens is 1. The van der Waals surface area contributed by atoms with E-state index < -0.39 is 0 Å². The third-order valence-corrected chi connectivity index (χ3v) is 5.79. The fourth-order valence-corrected chi connectivity index (χ4v) is 4.27. The maximum Gasteiger partial charge on any atom is 0.261 e. The standard InChI is InChI=1S/C15H17BrN2OS/c1-18-7-3-5-11(9-18)17-15(19)13-8-10-4-2-6-12(16)14(10)20-13/h2,4,6,8,11H,3,5,7,9H2,1H3,(H,17,19)/t11-/m1/s1. The molecule has 20 heavy (non-hydrogen) atoms. The van der Waals surface area contributed by atoms with Gasteiger partial charge in [-0.25, -0.2) is 0 Å². The normalized spacial score (nSPS) is 20.2. The van der Waals surface area contributed by atoms with E-state index in [2.05, 4.69) is 33.2 Å². The Hall–Kier alpha value is -0.910. The molecule has 1 aliphatic heterocycles. The van der Waals surface area contributed by atoms with Gasteiger partial charge >= 0.3 is 0 Å². The van der Waals surface area contributed by atoms with Gasteiger partial charge in [-0.3, -0.25) is 4.79 Å². The molecule has 1 amide bonds. The van der Waals surface area contributed by atoms with Gasteiger partial charge in [-0.2, -0.15) is 0 Å². The summed E-state index contributed by atoms with van der Waals surface area (Å²) in [5.74, 6) is 0.0541. The summed E-state index contributed by atoms with van der Waals surface area (Å²) < 4.78 is 2.19. The number of amides is 1. The van der Waals surface area contributed by atoms with Crippen molar-refractivity contribution in [3.63, 3.8) is 0 Å². The smallest absolute Gasteiger partial charge is 0.261 e. The van der Waals surface area contributed by atoms with Gasteiger partial charge in [0.25, 0.3) is 5.91 Å². The van der Waals surface area contributed by atoms with Crippen molar-refractivity contribution in [2.45, 2.75) is 18.9 Å². The number of likely N-dealkylation sites (tertiary alicyclic amines) is 1. The summed E-state index contributed by atoms with van der Waals surface area (Å²) >= 11 is 5.09. The number of nitrogens with one attached hydrogen (secondary N) is 1. The number of likely N-dealkylation sites (N-methyl/N-ethyl adjacent to an activating group) is 1. The van der Waals surface area contributed by atoms with Crippen molar-refractivity contribution in [2.75, 3.05) is 20.1 Å². The van der Waals surface area contributed by atoms with Crippen LogP contribution in [0.2, 0.25) is 0 Å². The Morgan fingerprint density at radius 2 is 2.35 bits per heavy atom. The van der Waals surface area contributed by atoms with Gasteiger partial charge in [-0.15, -0.1) is 11.3 Å². The molecule has 1 saturated heterocycles. The van der Waals surface area contributed by atoms with E-state index in [9.17, 15) is 4.79 Å². The van der Waals surface area contributed by atoms with E-state index in [-0.39, 0.29) is 11.9 Å². The van der Waals surface area contributed by atoms with Crippen molar-refractivity contribution in [2.24, 2.45) is 0 Å². The number of benzene rings is 1. The van der Waals surface area contributed by atoms with Crippen molar-refractivity contribution in [3.8, 4) is 0 Å². The minimum atomic E-state index is 0.0541. The first kappa shape index (κ1) is 14.0. The van der Waals surface area contributed by atoms with Crippen LogP contribution in [0, 0.1) is 0 Å². The van der Waals surface area contributed by atoms with Crippen LogP contribution in [-0.4, -0.2) is 37.0 Å². The molecular weight excluding hydrogens is 336 g/mol. The van der Waals surface area contributed by atoms with Crippen LogP contribution in [-0.2, 0) is 0 Å². The highest BCUT2D eigenvalue weighted by Gasteiger charge is 2.20. The lowest BCUT2D eigenvalue weighted by molar-refractivity contribution is 0.0917. The summed E-state index contributed by atoms with van der Waals surface area (Å²) in [6.07, 6.45) is 2.23. The van der Waals surface area contributed by atoms with Crippen molar-refractivity contribution < 1.29 is 4.79 Å².